The van der Waals surface area contributed by atoms with E-state index >= 15 is 0 Å². The first kappa shape index (κ1) is 8.74. The van der Waals surface area contributed by atoms with Gasteiger partial charge in [-0.15, -0.1) is 0 Å². The van der Waals surface area contributed by atoms with Crippen molar-refractivity contribution in [2.75, 3.05) is 7.11 Å². The molecule has 0 spiro atoms. The second-order valence-electron chi connectivity index (χ2n) is 3.08. The van der Waals surface area contributed by atoms with Gasteiger partial charge in [-0.3, -0.25) is 14.9 Å². The summed E-state index contributed by atoms with van der Waals surface area (Å²) in [6.45, 7) is 0. The van der Waals surface area contributed by atoms with E-state index in [9.17, 15) is 9.59 Å². The molecule has 0 saturated carbocycles. The average molecular weight is 191 g/mol. The lowest BCUT2D eigenvalue weighted by atomic mass is 10.00. The van der Waals surface area contributed by atoms with Crippen LogP contribution in [0.3, 0.4) is 0 Å². The number of methoxy groups -OCH3 is 1. The Morgan fingerprint density at radius 3 is 2.86 bits per heavy atom. The molecule has 14 heavy (non-hydrogen) atoms. The number of fused-ring (bicyclic) bond motifs is 1. The van der Waals surface area contributed by atoms with Gasteiger partial charge < -0.3 is 4.74 Å². The van der Waals surface area contributed by atoms with Crippen LogP contribution < -0.4 is 10.1 Å². The Hall–Kier alpha value is -1.84. The number of carbonyl (C=O) groups excluding carboxylic acids is 2. The molecule has 4 heteroatoms. The highest BCUT2D eigenvalue weighted by molar-refractivity contribution is 6.09. The number of imide groups is 1. The van der Waals surface area contributed by atoms with Crippen molar-refractivity contribution >= 4 is 11.8 Å². The van der Waals surface area contributed by atoms with Crippen LogP contribution in [-0.2, 0) is 11.2 Å². The minimum Gasteiger partial charge on any atom is -0.497 e. The smallest absolute Gasteiger partial charge is 0.258 e. The van der Waals surface area contributed by atoms with E-state index in [2.05, 4.69) is 5.32 Å². The van der Waals surface area contributed by atoms with Crippen molar-refractivity contribution < 1.29 is 14.3 Å². The summed E-state index contributed by atoms with van der Waals surface area (Å²) in [6.07, 6.45) is 0.255. The van der Waals surface area contributed by atoms with E-state index in [1.54, 1.807) is 18.2 Å². The predicted octanol–water partition coefficient (Wildman–Crippen LogP) is 0.508. The molecular weight excluding hydrogens is 182 g/mol. The maximum Gasteiger partial charge on any atom is 0.258 e. The summed E-state index contributed by atoms with van der Waals surface area (Å²) in [4.78, 5) is 22.4. The number of amides is 2. The van der Waals surface area contributed by atoms with Gasteiger partial charge in [-0.2, -0.15) is 0 Å². The van der Waals surface area contributed by atoms with Crippen LogP contribution in [0, 0.1) is 0 Å². The van der Waals surface area contributed by atoms with E-state index in [1.165, 1.54) is 7.11 Å². The maximum absolute atomic E-state index is 11.4. The predicted molar refractivity (Wildman–Crippen MR) is 49.2 cm³/mol. The maximum atomic E-state index is 11.4. The molecule has 2 amide bonds. The summed E-state index contributed by atoms with van der Waals surface area (Å²) in [5.41, 5.74) is 1.27. The number of nitrogens with one attached hydrogen (secondary N) is 1. The van der Waals surface area contributed by atoms with Gasteiger partial charge in [0.05, 0.1) is 13.5 Å². The monoisotopic (exact) mass is 191 g/mol. The molecule has 0 saturated heterocycles. The highest BCUT2D eigenvalue weighted by Gasteiger charge is 2.22. The molecule has 1 aromatic carbocycles. The van der Waals surface area contributed by atoms with E-state index in [0.29, 0.717) is 11.3 Å². The lowest BCUT2D eigenvalue weighted by Crippen LogP contribution is -2.37. The molecular formula is C10H9NO3. The first-order chi connectivity index (χ1) is 6.70. The van der Waals surface area contributed by atoms with Crippen molar-refractivity contribution in [1.29, 1.82) is 0 Å². The Kier molecular flexibility index (Phi) is 1.96. The highest BCUT2D eigenvalue weighted by atomic mass is 16.5. The van der Waals surface area contributed by atoms with E-state index in [1.807, 2.05) is 0 Å². The van der Waals surface area contributed by atoms with Crippen LogP contribution in [0.5, 0.6) is 5.75 Å². The first-order valence-electron chi connectivity index (χ1n) is 4.22. The highest BCUT2D eigenvalue weighted by Crippen LogP contribution is 2.20. The van der Waals surface area contributed by atoms with Crippen molar-refractivity contribution in [3.63, 3.8) is 0 Å². The van der Waals surface area contributed by atoms with Gasteiger partial charge in [0, 0.05) is 5.56 Å². The Bertz CT molecular complexity index is 412. The summed E-state index contributed by atoms with van der Waals surface area (Å²) in [7, 11) is 1.54. The zero-order valence-corrected chi connectivity index (χ0v) is 7.66. The molecule has 1 aliphatic heterocycles. The quantitative estimate of drug-likeness (QED) is 0.658. The van der Waals surface area contributed by atoms with Crippen molar-refractivity contribution in [2.45, 2.75) is 6.42 Å². The fourth-order valence-corrected chi connectivity index (χ4v) is 1.46. The number of carbonyl (C=O) groups is 2. The number of hydrogen-bond donors (Lipinski definition) is 1. The van der Waals surface area contributed by atoms with Crippen molar-refractivity contribution in [3.8, 4) is 5.75 Å². The molecule has 0 atom stereocenters. The topological polar surface area (TPSA) is 55.4 Å². The molecule has 1 aromatic rings. The zero-order chi connectivity index (χ0) is 10.1. The molecule has 0 aliphatic carbocycles. The van der Waals surface area contributed by atoms with E-state index < -0.39 is 0 Å². The first-order valence-corrected chi connectivity index (χ1v) is 4.22. The van der Waals surface area contributed by atoms with Crippen LogP contribution in [0.25, 0.3) is 0 Å². The SMILES string of the molecule is COc1ccc2c(c1)C(=O)NC(=O)C2. The standard InChI is InChI=1S/C10H9NO3/c1-14-7-3-2-6-4-9(12)11-10(13)8(6)5-7/h2-3,5H,4H2,1H3,(H,11,12,13). The van der Waals surface area contributed by atoms with Gasteiger partial charge in [0.1, 0.15) is 5.75 Å². The summed E-state index contributed by atoms with van der Waals surface area (Å²) in [5.74, 6) is 0.0102. The van der Waals surface area contributed by atoms with Gasteiger partial charge in [0.2, 0.25) is 5.91 Å². The van der Waals surface area contributed by atoms with Crippen LogP contribution in [0.1, 0.15) is 15.9 Å². The number of hydrogen-bond acceptors (Lipinski definition) is 3. The van der Waals surface area contributed by atoms with E-state index in [0.717, 1.165) is 5.56 Å². The number of rotatable bonds is 1. The Morgan fingerprint density at radius 2 is 2.14 bits per heavy atom. The molecule has 0 radical (unpaired) electrons. The molecule has 1 N–H and O–H groups in total. The Balaban J connectivity index is 2.49. The fourth-order valence-electron chi connectivity index (χ4n) is 1.46. The van der Waals surface area contributed by atoms with Crippen LogP contribution in [0.4, 0.5) is 0 Å². The van der Waals surface area contributed by atoms with Gasteiger partial charge in [-0.25, -0.2) is 0 Å². The third kappa shape index (κ3) is 1.35. The molecule has 72 valence electrons. The Labute approximate surface area is 80.9 Å². The molecule has 2 rings (SSSR count). The van der Waals surface area contributed by atoms with Crippen LogP contribution in [0.2, 0.25) is 0 Å². The average Bonchev–Trinajstić information content (AvgIpc) is 2.17. The second kappa shape index (κ2) is 3.14. The molecule has 0 bridgehead atoms. The molecule has 0 aromatic heterocycles. The lowest BCUT2D eigenvalue weighted by Gasteiger charge is -2.15. The van der Waals surface area contributed by atoms with Crippen LogP contribution in [0.15, 0.2) is 18.2 Å². The van der Waals surface area contributed by atoms with Gasteiger partial charge in [-0.1, -0.05) is 6.07 Å². The minimum atomic E-state index is -0.352. The largest absolute Gasteiger partial charge is 0.497 e. The van der Waals surface area contributed by atoms with Crippen molar-refractivity contribution in [2.24, 2.45) is 0 Å². The van der Waals surface area contributed by atoms with Crippen LogP contribution >= 0.6 is 0 Å². The van der Waals surface area contributed by atoms with Crippen molar-refractivity contribution in [1.82, 2.24) is 5.32 Å². The van der Waals surface area contributed by atoms with Crippen LogP contribution in [-0.4, -0.2) is 18.9 Å². The zero-order valence-electron chi connectivity index (χ0n) is 7.66. The van der Waals surface area contributed by atoms with E-state index in [-0.39, 0.29) is 18.2 Å². The molecule has 1 heterocycles. The van der Waals surface area contributed by atoms with Gasteiger partial charge in [0.15, 0.2) is 0 Å². The summed E-state index contributed by atoms with van der Waals surface area (Å²) >= 11 is 0. The van der Waals surface area contributed by atoms with Gasteiger partial charge >= 0.3 is 0 Å². The molecule has 0 unspecified atom stereocenters. The van der Waals surface area contributed by atoms with Gasteiger partial charge in [0.25, 0.3) is 5.91 Å². The van der Waals surface area contributed by atoms with E-state index in [4.69, 9.17) is 4.74 Å². The fraction of sp³-hybridized carbons (Fsp3) is 0.200. The summed E-state index contributed by atoms with van der Waals surface area (Å²) < 4.78 is 4.99. The van der Waals surface area contributed by atoms with Gasteiger partial charge in [-0.05, 0) is 17.7 Å². The summed E-state index contributed by atoms with van der Waals surface area (Å²) in [6, 6.07) is 5.12. The normalized spacial score (nSPS) is 14.6. The molecule has 4 nitrogen and oxygen atoms in total. The minimum absolute atomic E-state index is 0.255. The molecule has 1 aliphatic rings. The Morgan fingerprint density at radius 1 is 1.36 bits per heavy atom. The third-order valence-electron chi connectivity index (χ3n) is 2.17. The number of ether oxygens (including phenoxy) is 1. The lowest BCUT2D eigenvalue weighted by molar-refractivity contribution is -0.119. The second-order valence-corrected chi connectivity index (χ2v) is 3.08. The molecule has 0 fully saturated rings. The van der Waals surface area contributed by atoms with Crippen molar-refractivity contribution in [3.05, 3.63) is 29.3 Å². The summed E-state index contributed by atoms with van der Waals surface area (Å²) in [5, 5.41) is 2.25. The number of benzene rings is 1. The third-order valence-corrected chi connectivity index (χ3v) is 2.17.